The summed E-state index contributed by atoms with van der Waals surface area (Å²) in [6.07, 6.45) is 1.78. The summed E-state index contributed by atoms with van der Waals surface area (Å²) in [5.41, 5.74) is 4.51. The van der Waals surface area contributed by atoms with Crippen molar-refractivity contribution in [1.82, 2.24) is 15.7 Å². The second kappa shape index (κ2) is 8.99. The predicted molar refractivity (Wildman–Crippen MR) is 124 cm³/mol. The number of amides is 1. The highest BCUT2D eigenvalue weighted by molar-refractivity contribution is 8.39. The fourth-order valence-electron chi connectivity index (χ4n) is 2.96. The van der Waals surface area contributed by atoms with Crippen LogP contribution in [0.15, 0.2) is 70.8 Å². The van der Waals surface area contributed by atoms with Gasteiger partial charge in [0.05, 0.1) is 5.52 Å². The molecule has 0 spiro atoms. The van der Waals surface area contributed by atoms with E-state index in [0.29, 0.717) is 11.3 Å². The number of para-hydroxylation sites is 1. The Bertz CT molecular complexity index is 1160. The molecule has 0 aliphatic carbocycles. The third kappa shape index (κ3) is 5.18. The zero-order valence-corrected chi connectivity index (χ0v) is 18.5. The number of aromatic nitrogens is 1. The van der Waals surface area contributed by atoms with Gasteiger partial charge in [0.15, 0.2) is 21.8 Å². The molecule has 31 heavy (non-hydrogen) atoms. The maximum Gasteiger partial charge on any atom is 0.260 e. The number of thioether (sulfide) groups is 2. The number of carbonyl (C=O) groups excluding carboxylic acids is 2. The molecule has 7 nitrogen and oxygen atoms in total. The lowest BCUT2D eigenvalue weighted by atomic mass is 10.1. The number of fused-ring (bicyclic) bond motifs is 1. The molecule has 3 aromatic rings. The Morgan fingerprint density at radius 1 is 1.16 bits per heavy atom. The van der Waals surface area contributed by atoms with Gasteiger partial charge >= 0.3 is 0 Å². The largest absolute Gasteiger partial charge is 0.484 e. The van der Waals surface area contributed by atoms with Gasteiger partial charge in [0.25, 0.3) is 5.91 Å². The zero-order chi connectivity index (χ0) is 21.8. The molecule has 0 radical (unpaired) electrons. The lowest BCUT2D eigenvalue weighted by molar-refractivity contribution is -0.124. The molecule has 0 saturated heterocycles. The summed E-state index contributed by atoms with van der Waals surface area (Å²) in [5, 5.41) is 8.33. The minimum atomic E-state index is -0.774. The maximum atomic E-state index is 12.4. The number of pyridine rings is 1. The van der Waals surface area contributed by atoms with E-state index in [0.717, 1.165) is 20.2 Å². The van der Waals surface area contributed by atoms with Crippen molar-refractivity contribution >= 4 is 50.5 Å². The van der Waals surface area contributed by atoms with Gasteiger partial charge in [-0.2, -0.15) is 5.10 Å². The lowest BCUT2D eigenvalue weighted by Crippen LogP contribution is -2.51. The smallest absolute Gasteiger partial charge is 0.260 e. The van der Waals surface area contributed by atoms with E-state index in [1.54, 1.807) is 30.5 Å². The predicted octanol–water partition coefficient (Wildman–Crippen LogP) is 4.01. The molecule has 1 unspecified atom stereocenters. The average Bonchev–Trinajstić information content (AvgIpc) is 3.12. The van der Waals surface area contributed by atoms with E-state index in [9.17, 15) is 9.59 Å². The van der Waals surface area contributed by atoms with E-state index >= 15 is 0 Å². The lowest BCUT2D eigenvalue weighted by Gasteiger charge is -2.24. The van der Waals surface area contributed by atoms with Crippen molar-refractivity contribution in [1.29, 1.82) is 0 Å². The van der Waals surface area contributed by atoms with Crippen LogP contribution in [-0.4, -0.2) is 32.7 Å². The fourth-order valence-corrected chi connectivity index (χ4v) is 5.28. The van der Waals surface area contributed by atoms with Crippen LogP contribution in [0.3, 0.4) is 0 Å². The molecule has 4 rings (SSSR count). The number of nitrogens with zero attached hydrogens (tertiary/aromatic N) is 2. The number of Topliss-reactive ketones (excluding diaryl/α,β-unsaturated/α-hetero) is 1. The summed E-state index contributed by atoms with van der Waals surface area (Å²) in [4.78, 5) is 28.4. The molecule has 1 atom stereocenters. The fraction of sp³-hybridized carbons (Fsp3) is 0.182. The minimum absolute atomic E-state index is 0.0185. The second-order valence-electron chi connectivity index (χ2n) is 6.97. The normalized spacial score (nSPS) is 17.7. The molecule has 2 N–H and O–H groups in total. The highest BCUT2D eigenvalue weighted by atomic mass is 32.2. The third-order valence-corrected chi connectivity index (χ3v) is 6.68. The highest BCUT2D eigenvalue weighted by Crippen LogP contribution is 2.37. The number of hydrazone groups is 1. The molecule has 1 aromatic heterocycles. The Hall–Kier alpha value is -3.04. The summed E-state index contributed by atoms with van der Waals surface area (Å²) in [6, 6.07) is 16.6. The summed E-state index contributed by atoms with van der Waals surface area (Å²) in [7, 11) is 0. The molecule has 158 valence electrons. The van der Waals surface area contributed by atoms with Crippen molar-refractivity contribution in [3.05, 3.63) is 66.4 Å². The molecule has 0 saturated carbocycles. The van der Waals surface area contributed by atoms with Crippen LogP contribution in [0.25, 0.3) is 10.9 Å². The van der Waals surface area contributed by atoms with Crippen LogP contribution in [0.5, 0.6) is 5.75 Å². The minimum Gasteiger partial charge on any atom is -0.484 e. The number of carbonyl (C=O) groups is 2. The van der Waals surface area contributed by atoms with Crippen LogP contribution in [0, 0.1) is 0 Å². The van der Waals surface area contributed by atoms with Gasteiger partial charge < -0.3 is 10.1 Å². The number of hydrogen-bond acceptors (Lipinski definition) is 8. The van der Waals surface area contributed by atoms with Gasteiger partial charge in [0, 0.05) is 22.0 Å². The van der Waals surface area contributed by atoms with Gasteiger partial charge in [0.2, 0.25) is 0 Å². The molecule has 1 aliphatic rings. The Morgan fingerprint density at radius 3 is 2.71 bits per heavy atom. The molecule has 0 fully saturated rings. The molecule has 9 heteroatoms. The Balaban J connectivity index is 1.31. The zero-order valence-electron chi connectivity index (χ0n) is 16.9. The van der Waals surface area contributed by atoms with Crippen molar-refractivity contribution < 1.29 is 14.3 Å². The van der Waals surface area contributed by atoms with Gasteiger partial charge in [0.1, 0.15) is 5.75 Å². The molecule has 2 aromatic carbocycles. The topological polar surface area (TPSA) is 92.7 Å². The molecule has 1 amide bonds. The van der Waals surface area contributed by atoms with Crippen LogP contribution in [0.2, 0.25) is 0 Å². The van der Waals surface area contributed by atoms with Crippen molar-refractivity contribution in [2.45, 2.75) is 23.7 Å². The van der Waals surface area contributed by atoms with Crippen molar-refractivity contribution in [2.24, 2.45) is 5.10 Å². The summed E-state index contributed by atoms with van der Waals surface area (Å²) in [6.45, 7) is 3.20. The van der Waals surface area contributed by atoms with Crippen molar-refractivity contribution in [3.8, 4) is 5.75 Å². The van der Waals surface area contributed by atoms with Gasteiger partial charge in [-0.15, -0.1) is 0 Å². The van der Waals surface area contributed by atoms with E-state index < -0.39 is 4.99 Å². The Kier molecular flexibility index (Phi) is 6.15. The van der Waals surface area contributed by atoms with Gasteiger partial charge in [-0.05, 0) is 62.0 Å². The van der Waals surface area contributed by atoms with E-state index in [1.807, 2.05) is 37.3 Å². The van der Waals surface area contributed by atoms with Crippen LogP contribution in [-0.2, 0) is 4.79 Å². The van der Waals surface area contributed by atoms with Gasteiger partial charge in [-0.1, -0.05) is 30.0 Å². The standard InChI is InChI=1S/C22H20N4O3S2/c1-14(27)15-7-9-16(10-8-15)29-13-20(28)24-22(2)26-25-21(31-22)30-19-11-12-23-18-6-4-3-5-17(18)19/h3-12,26H,13H2,1-2H3,(H,24,28). The van der Waals surface area contributed by atoms with Crippen LogP contribution in [0.1, 0.15) is 24.2 Å². The van der Waals surface area contributed by atoms with E-state index in [-0.39, 0.29) is 18.3 Å². The highest BCUT2D eigenvalue weighted by Gasteiger charge is 2.34. The third-order valence-electron chi connectivity index (χ3n) is 4.47. The monoisotopic (exact) mass is 452 g/mol. The first kappa shape index (κ1) is 21.2. The number of benzene rings is 2. The van der Waals surface area contributed by atoms with Gasteiger partial charge in [-0.3, -0.25) is 20.0 Å². The maximum absolute atomic E-state index is 12.4. The molecule has 0 bridgehead atoms. The first-order valence-electron chi connectivity index (χ1n) is 9.52. The van der Waals surface area contributed by atoms with Crippen molar-refractivity contribution in [2.75, 3.05) is 6.61 Å². The Labute approximate surface area is 188 Å². The summed E-state index contributed by atoms with van der Waals surface area (Å²) < 4.78 is 6.31. The van der Waals surface area contributed by atoms with Crippen LogP contribution >= 0.6 is 23.5 Å². The number of ether oxygens (including phenoxy) is 1. The average molecular weight is 453 g/mol. The first-order valence-corrected chi connectivity index (χ1v) is 11.2. The SMILES string of the molecule is CC(=O)c1ccc(OCC(=O)NC2(C)NN=C(Sc3ccnc4ccccc34)S2)cc1. The quantitative estimate of drug-likeness (QED) is 0.546. The van der Waals surface area contributed by atoms with E-state index in [2.05, 4.69) is 20.8 Å². The van der Waals surface area contributed by atoms with Crippen LogP contribution < -0.4 is 15.5 Å². The number of nitrogens with one attached hydrogen (secondary N) is 2. The number of ketones is 1. The van der Waals surface area contributed by atoms with Crippen molar-refractivity contribution in [3.63, 3.8) is 0 Å². The van der Waals surface area contributed by atoms with Crippen LogP contribution in [0.4, 0.5) is 0 Å². The van der Waals surface area contributed by atoms with E-state index in [1.165, 1.54) is 30.4 Å². The molecular weight excluding hydrogens is 432 g/mol. The van der Waals surface area contributed by atoms with E-state index in [4.69, 9.17) is 4.74 Å². The summed E-state index contributed by atoms with van der Waals surface area (Å²) in [5.74, 6) is 0.221. The molecule has 1 aliphatic heterocycles. The number of rotatable bonds is 6. The molecule has 2 heterocycles. The van der Waals surface area contributed by atoms with Gasteiger partial charge in [-0.25, -0.2) is 0 Å². The first-order chi connectivity index (χ1) is 14.9. The number of hydrogen-bond donors (Lipinski definition) is 2. The Morgan fingerprint density at radius 2 is 1.94 bits per heavy atom. The summed E-state index contributed by atoms with van der Waals surface area (Å²) >= 11 is 2.95. The second-order valence-corrected chi connectivity index (χ2v) is 9.67. The molecular formula is C22H20N4O3S2.